The molecule has 0 saturated carbocycles. The van der Waals surface area contributed by atoms with Crippen molar-refractivity contribution in [3.63, 3.8) is 0 Å². The molecule has 0 atom stereocenters. The first-order valence-corrected chi connectivity index (χ1v) is 10.9. The van der Waals surface area contributed by atoms with Gasteiger partial charge in [-0.25, -0.2) is 0 Å². The summed E-state index contributed by atoms with van der Waals surface area (Å²) in [7, 11) is 0.777. The summed E-state index contributed by atoms with van der Waals surface area (Å²) in [4.78, 5) is 0. The average molecular weight is 327 g/mol. The van der Waals surface area contributed by atoms with Crippen LogP contribution < -0.4 is 10.6 Å². The SMILES string of the molecule is CC(C)[CH2][Al][CH2]C(C)C.c1ccc(Pc2ccccc2)cc1. The van der Waals surface area contributed by atoms with E-state index in [0.717, 1.165) is 35.6 Å². The third-order valence-electron chi connectivity index (χ3n) is 3.11. The fourth-order valence-electron chi connectivity index (χ4n) is 1.97. The second-order valence-electron chi connectivity index (χ2n) is 6.40. The van der Waals surface area contributed by atoms with Crippen LogP contribution in [0.5, 0.6) is 0 Å². The Labute approximate surface area is 145 Å². The van der Waals surface area contributed by atoms with Crippen molar-refractivity contribution in [2.45, 2.75) is 38.3 Å². The number of benzene rings is 2. The van der Waals surface area contributed by atoms with E-state index in [4.69, 9.17) is 0 Å². The van der Waals surface area contributed by atoms with E-state index >= 15 is 0 Å². The number of hydrogen-bond donors (Lipinski definition) is 0. The molecule has 2 aromatic rings. The van der Waals surface area contributed by atoms with Crippen molar-refractivity contribution in [1.29, 1.82) is 0 Å². The maximum absolute atomic E-state index is 2.31. The second kappa shape index (κ2) is 11.9. The molecule has 0 aliphatic carbocycles. The molecular formula is C20H29AlP. The maximum atomic E-state index is 2.31. The Morgan fingerprint density at radius 1 is 0.682 bits per heavy atom. The molecule has 0 bridgehead atoms. The van der Waals surface area contributed by atoms with Gasteiger partial charge in [0.2, 0.25) is 15.2 Å². The van der Waals surface area contributed by atoms with Gasteiger partial charge < -0.3 is 0 Å². The molecule has 0 spiro atoms. The van der Waals surface area contributed by atoms with E-state index in [9.17, 15) is 0 Å². The van der Waals surface area contributed by atoms with Crippen LogP contribution in [0.4, 0.5) is 0 Å². The average Bonchev–Trinajstić information content (AvgIpc) is 2.49. The zero-order valence-electron chi connectivity index (χ0n) is 14.4. The molecule has 0 unspecified atom stereocenters. The third kappa shape index (κ3) is 10.2. The van der Waals surface area contributed by atoms with Crippen LogP contribution in [0.2, 0.25) is 10.6 Å². The van der Waals surface area contributed by atoms with Crippen molar-refractivity contribution >= 4 is 34.4 Å². The van der Waals surface area contributed by atoms with Gasteiger partial charge in [0.1, 0.15) is 0 Å². The molecule has 0 fully saturated rings. The van der Waals surface area contributed by atoms with Crippen LogP contribution in [-0.2, 0) is 0 Å². The molecule has 0 heterocycles. The molecule has 0 aliphatic rings. The van der Waals surface area contributed by atoms with Gasteiger partial charge in [0, 0.05) is 0 Å². The topological polar surface area (TPSA) is 0 Å². The summed E-state index contributed by atoms with van der Waals surface area (Å²) in [6, 6.07) is 21.2. The number of rotatable bonds is 6. The van der Waals surface area contributed by atoms with Gasteiger partial charge in [-0.2, -0.15) is 0 Å². The van der Waals surface area contributed by atoms with Gasteiger partial charge in [-0.05, 0) is 10.6 Å². The normalized spacial score (nSPS) is 10.3. The molecule has 0 N–H and O–H groups in total. The van der Waals surface area contributed by atoms with Crippen LogP contribution in [0.1, 0.15) is 27.7 Å². The Hall–Kier alpha value is -0.598. The van der Waals surface area contributed by atoms with Crippen LogP contribution >= 0.6 is 8.58 Å². The summed E-state index contributed by atoms with van der Waals surface area (Å²) in [5.41, 5.74) is 0. The van der Waals surface area contributed by atoms with Crippen molar-refractivity contribution in [2.75, 3.05) is 0 Å². The Balaban J connectivity index is 0.000000239. The maximum Gasteiger partial charge on any atom is 0.200 e. The van der Waals surface area contributed by atoms with E-state index in [1.807, 2.05) is 0 Å². The van der Waals surface area contributed by atoms with E-state index in [0.29, 0.717) is 0 Å². The van der Waals surface area contributed by atoms with Crippen molar-refractivity contribution in [3.8, 4) is 0 Å². The van der Waals surface area contributed by atoms with Crippen molar-refractivity contribution < 1.29 is 0 Å². The smallest absolute Gasteiger partial charge is 0.102 e. The van der Waals surface area contributed by atoms with Gasteiger partial charge in [-0.15, -0.1) is 10.6 Å². The van der Waals surface area contributed by atoms with E-state index in [1.165, 1.54) is 21.2 Å². The first-order valence-electron chi connectivity index (χ1n) is 8.26. The molecule has 0 saturated heterocycles. The van der Waals surface area contributed by atoms with E-state index in [-0.39, 0.29) is 0 Å². The van der Waals surface area contributed by atoms with E-state index < -0.39 is 0 Å². The Morgan fingerprint density at radius 3 is 1.36 bits per heavy atom. The fraction of sp³-hybridized carbons (Fsp3) is 0.400. The lowest BCUT2D eigenvalue weighted by molar-refractivity contribution is 0.700. The highest BCUT2D eigenvalue weighted by molar-refractivity contribution is 7.55. The van der Waals surface area contributed by atoms with Gasteiger partial charge in [-0.3, -0.25) is 0 Å². The van der Waals surface area contributed by atoms with Crippen molar-refractivity contribution in [2.24, 2.45) is 11.8 Å². The largest absolute Gasteiger partial charge is 0.200 e. The molecule has 2 heteroatoms. The van der Waals surface area contributed by atoms with Gasteiger partial charge in [0.25, 0.3) is 0 Å². The Kier molecular flexibility index (Phi) is 10.5. The minimum Gasteiger partial charge on any atom is -0.102 e. The molecular weight excluding hydrogens is 298 g/mol. The molecule has 117 valence electrons. The number of hydrogen-bond acceptors (Lipinski definition) is 0. The van der Waals surface area contributed by atoms with Gasteiger partial charge in [0.05, 0.1) is 0 Å². The van der Waals surface area contributed by atoms with Crippen LogP contribution in [0.25, 0.3) is 0 Å². The summed E-state index contributed by atoms with van der Waals surface area (Å²) >= 11 is 0.755. The molecule has 2 aromatic carbocycles. The zero-order valence-corrected chi connectivity index (χ0v) is 16.6. The molecule has 0 aliphatic heterocycles. The summed E-state index contributed by atoms with van der Waals surface area (Å²) in [6.07, 6.45) is 0. The van der Waals surface area contributed by atoms with Crippen LogP contribution in [0.3, 0.4) is 0 Å². The summed E-state index contributed by atoms with van der Waals surface area (Å²) in [5.74, 6) is 1.86. The van der Waals surface area contributed by atoms with Crippen molar-refractivity contribution in [3.05, 3.63) is 60.7 Å². The van der Waals surface area contributed by atoms with E-state index in [1.54, 1.807) is 0 Å². The van der Waals surface area contributed by atoms with Crippen LogP contribution in [-0.4, -0.2) is 15.2 Å². The summed E-state index contributed by atoms with van der Waals surface area (Å²) < 4.78 is 0. The quantitative estimate of drug-likeness (QED) is 0.508. The first kappa shape index (κ1) is 19.4. The lowest BCUT2D eigenvalue weighted by atomic mass is 10.3. The van der Waals surface area contributed by atoms with Crippen LogP contribution in [0.15, 0.2) is 60.7 Å². The highest BCUT2D eigenvalue weighted by Gasteiger charge is 1.98. The zero-order chi connectivity index (χ0) is 16.2. The molecule has 2 rings (SSSR count). The lowest BCUT2D eigenvalue weighted by Crippen LogP contribution is -2.01. The third-order valence-corrected chi connectivity index (χ3v) is 6.91. The molecule has 0 aromatic heterocycles. The molecule has 1 radical (unpaired) electrons. The van der Waals surface area contributed by atoms with Crippen LogP contribution in [0, 0.1) is 11.8 Å². The first-order chi connectivity index (χ1) is 10.6. The minimum atomic E-state index is 0.755. The second-order valence-corrected chi connectivity index (χ2v) is 9.33. The predicted octanol–water partition coefficient (Wildman–Crippen LogP) is 5.16. The van der Waals surface area contributed by atoms with Crippen molar-refractivity contribution in [1.82, 2.24) is 0 Å². The Morgan fingerprint density at radius 2 is 1.05 bits per heavy atom. The van der Waals surface area contributed by atoms with Gasteiger partial charge in [0.15, 0.2) is 0 Å². The van der Waals surface area contributed by atoms with Gasteiger partial charge >= 0.3 is 0 Å². The lowest BCUT2D eigenvalue weighted by Gasteiger charge is -2.03. The predicted molar refractivity (Wildman–Crippen MR) is 106 cm³/mol. The monoisotopic (exact) mass is 327 g/mol. The molecule has 22 heavy (non-hydrogen) atoms. The highest BCUT2D eigenvalue weighted by Crippen LogP contribution is 2.08. The summed E-state index contributed by atoms with van der Waals surface area (Å²) in [6.45, 7) is 9.25. The molecule has 0 amide bonds. The summed E-state index contributed by atoms with van der Waals surface area (Å²) in [5, 5.41) is 5.76. The van der Waals surface area contributed by atoms with Gasteiger partial charge in [-0.1, -0.05) is 109 Å². The Bertz CT molecular complexity index is 434. The van der Waals surface area contributed by atoms with E-state index in [2.05, 4.69) is 88.4 Å². The highest BCUT2D eigenvalue weighted by atomic mass is 31.1. The molecule has 0 nitrogen and oxygen atoms in total. The minimum absolute atomic E-state index is 0.755. The fourth-order valence-corrected chi connectivity index (χ4v) is 4.55. The standard InChI is InChI=1S/C12H11P.2C4H9.Al/c1-3-7-11(8-4-1)13-12-9-5-2-6-10-12;2*1-4(2)3;/h1-10,13H;2*4H,1H2,2-3H3;.